The molecule has 0 aliphatic heterocycles. The SMILES string of the molecule is CCOC(OCC)[Si]CCN. The van der Waals surface area contributed by atoms with Crippen molar-refractivity contribution in [3.8, 4) is 0 Å². The standard InChI is InChI=1S/C7H17NO2Si/c1-3-9-7(10-4-2)11-6-5-8/h7H,3-6,8H2,1-2H3. The van der Waals surface area contributed by atoms with Crippen LogP contribution in [-0.2, 0) is 9.47 Å². The lowest BCUT2D eigenvalue weighted by atomic mass is 10.8. The highest BCUT2D eigenvalue weighted by molar-refractivity contribution is 6.36. The third-order valence-electron chi connectivity index (χ3n) is 1.09. The van der Waals surface area contributed by atoms with Crippen LogP contribution in [0.2, 0.25) is 6.04 Å². The second-order valence-electron chi connectivity index (χ2n) is 1.99. The number of hydrogen-bond acceptors (Lipinski definition) is 3. The molecule has 0 spiro atoms. The lowest BCUT2D eigenvalue weighted by Crippen LogP contribution is -2.26. The van der Waals surface area contributed by atoms with Gasteiger partial charge in [0, 0.05) is 13.2 Å². The summed E-state index contributed by atoms with van der Waals surface area (Å²) in [5.74, 6) is -0.0199. The van der Waals surface area contributed by atoms with E-state index >= 15 is 0 Å². The predicted octanol–water partition coefficient (Wildman–Crippen LogP) is 0.424. The molecule has 0 saturated carbocycles. The van der Waals surface area contributed by atoms with Gasteiger partial charge in [0.25, 0.3) is 0 Å². The molecule has 3 nitrogen and oxygen atoms in total. The Bertz CT molecular complexity index is 76.8. The van der Waals surface area contributed by atoms with E-state index in [0.29, 0.717) is 22.7 Å². The van der Waals surface area contributed by atoms with Crippen molar-refractivity contribution in [1.29, 1.82) is 0 Å². The van der Waals surface area contributed by atoms with E-state index in [9.17, 15) is 0 Å². The molecule has 0 aliphatic rings. The summed E-state index contributed by atoms with van der Waals surface area (Å²) < 4.78 is 10.6. The molecule has 66 valence electrons. The Kier molecular flexibility index (Phi) is 8.27. The van der Waals surface area contributed by atoms with Crippen LogP contribution in [0.3, 0.4) is 0 Å². The molecule has 0 aromatic carbocycles. The molecule has 0 bridgehead atoms. The van der Waals surface area contributed by atoms with Crippen molar-refractivity contribution in [2.24, 2.45) is 5.73 Å². The van der Waals surface area contributed by atoms with E-state index in [1.54, 1.807) is 0 Å². The van der Waals surface area contributed by atoms with E-state index < -0.39 is 0 Å². The van der Waals surface area contributed by atoms with Crippen LogP contribution in [0.15, 0.2) is 0 Å². The van der Waals surface area contributed by atoms with Crippen LogP contribution in [0.25, 0.3) is 0 Å². The van der Waals surface area contributed by atoms with Gasteiger partial charge >= 0.3 is 0 Å². The van der Waals surface area contributed by atoms with Crippen LogP contribution in [0.1, 0.15) is 13.8 Å². The number of rotatable bonds is 7. The molecule has 4 heteroatoms. The average molecular weight is 175 g/mol. The molecule has 0 rings (SSSR count). The summed E-state index contributed by atoms with van der Waals surface area (Å²) in [6.45, 7) is 6.08. The summed E-state index contributed by atoms with van der Waals surface area (Å²) in [6.07, 6.45) is 0. The van der Waals surface area contributed by atoms with Crippen LogP contribution >= 0.6 is 0 Å². The number of nitrogens with two attached hydrogens (primary N) is 1. The van der Waals surface area contributed by atoms with Crippen molar-refractivity contribution in [2.75, 3.05) is 19.8 Å². The lowest BCUT2D eigenvalue weighted by Gasteiger charge is -2.15. The van der Waals surface area contributed by atoms with Gasteiger partial charge < -0.3 is 15.2 Å². The first-order valence-electron chi connectivity index (χ1n) is 4.01. The summed E-state index contributed by atoms with van der Waals surface area (Å²) in [5, 5.41) is 0. The van der Waals surface area contributed by atoms with E-state index in [0.717, 1.165) is 12.6 Å². The molecule has 2 radical (unpaired) electrons. The number of ether oxygens (including phenoxy) is 2. The maximum atomic E-state index is 5.36. The van der Waals surface area contributed by atoms with Crippen LogP contribution < -0.4 is 5.73 Å². The molecule has 0 atom stereocenters. The van der Waals surface area contributed by atoms with Gasteiger partial charge in [-0.15, -0.1) is 0 Å². The maximum absolute atomic E-state index is 5.36. The van der Waals surface area contributed by atoms with Crippen LogP contribution in [0.5, 0.6) is 0 Å². The fourth-order valence-electron chi connectivity index (χ4n) is 0.670. The number of hydrogen-bond donors (Lipinski definition) is 1. The van der Waals surface area contributed by atoms with Crippen molar-refractivity contribution in [3.63, 3.8) is 0 Å². The summed E-state index contributed by atoms with van der Waals surface area (Å²) in [4.78, 5) is 0. The highest BCUT2D eigenvalue weighted by Crippen LogP contribution is 1.94. The Labute approximate surface area is 71.1 Å². The second-order valence-corrected chi connectivity index (χ2v) is 3.37. The quantitative estimate of drug-likeness (QED) is 0.450. The molecule has 0 fully saturated rings. The first-order chi connectivity index (χ1) is 5.35. The molecule has 0 aliphatic carbocycles. The minimum atomic E-state index is -0.0199. The van der Waals surface area contributed by atoms with Crippen LogP contribution in [0.4, 0.5) is 0 Å². The van der Waals surface area contributed by atoms with Crippen LogP contribution in [0, 0.1) is 0 Å². The van der Waals surface area contributed by atoms with Gasteiger partial charge in [-0.05, 0) is 26.4 Å². The van der Waals surface area contributed by atoms with E-state index in [1.165, 1.54) is 0 Å². The third-order valence-corrected chi connectivity index (χ3v) is 2.34. The molecular weight excluding hydrogens is 158 g/mol. The van der Waals surface area contributed by atoms with E-state index in [2.05, 4.69) is 0 Å². The monoisotopic (exact) mass is 175 g/mol. The predicted molar refractivity (Wildman–Crippen MR) is 46.7 cm³/mol. The minimum Gasteiger partial charge on any atom is -0.357 e. The summed E-state index contributed by atoms with van der Waals surface area (Å²) >= 11 is 0. The fraction of sp³-hybridized carbons (Fsp3) is 1.00. The molecule has 0 unspecified atom stereocenters. The van der Waals surface area contributed by atoms with Crippen molar-refractivity contribution < 1.29 is 9.47 Å². The van der Waals surface area contributed by atoms with Crippen molar-refractivity contribution in [2.45, 2.75) is 25.8 Å². The second kappa shape index (κ2) is 8.20. The minimum absolute atomic E-state index is 0.0199. The first-order valence-corrected chi connectivity index (χ1v) is 5.30. The zero-order valence-corrected chi connectivity index (χ0v) is 8.30. The summed E-state index contributed by atoms with van der Waals surface area (Å²) in [7, 11) is 0.668. The first kappa shape index (κ1) is 11.1. The average Bonchev–Trinajstić information content (AvgIpc) is 2.01. The zero-order chi connectivity index (χ0) is 8.53. The van der Waals surface area contributed by atoms with Gasteiger partial charge in [-0.25, -0.2) is 0 Å². The molecule has 0 aromatic rings. The van der Waals surface area contributed by atoms with Crippen molar-refractivity contribution in [1.82, 2.24) is 0 Å². The van der Waals surface area contributed by atoms with Gasteiger partial charge in [0.05, 0.1) is 0 Å². The third kappa shape index (κ3) is 6.49. The molecule has 0 saturated heterocycles. The maximum Gasteiger partial charge on any atom is 0.137 e. The Balaban J connectivity index is 3.34. The topological polar surface area (TPSA) is 44.5 Å². The Morgan fingerprint density at radius 2 is 1.82 bits per heavy atom. The zero-order valence-electron chi connectivity index (χ0n) is 7.30. The lowest BCUT2D eigenvalue weighted by molar-refractivity contribution is -0.0827. The Morgan fingerprint density at radius 3 is 2.18 bits per heavy atom. The summed E-state index contributed by atoms with van der Waals surface area (Å²) in [6, 6.07) is 0.991. The van der Waals surface area contributed by atoms with E-state index in [-0.39, 0.29) is 5.91 Å². The Morgan fingerprint density at radius 1 is 1.27 bits per heavy atom. The smallest absolute Gasteiger partial charge is 0.137 e. The van der Waals surface area contributed by atoms with Gasteiger partial charge in [-0.2, -0.15) is 0 Å². The van der Waals surface area contributed by atoms with E-state index in [4.69, 9.17) is 15.2 Å². The van der Waals surface area contributed by atoms with Gasteiger partial charge in [-0.1, -0.05) is 0 Å². The van der Waals surface area contributed by atoms with Crippen LogP contribution in [-0.4, -0.2) is 35.2 Å². The van der Waals surface area contributed by atoms with Gasteiger partial charge in [0.1, 0.15) is 15.4 Å². The van der Waals surface area contributed by atoms with Crippen molar-refractivity contribution in [3.05, 3.63) is 0 Å². The highest BCUT2D eigenvalue weighted by Gasteiger charge is 2.06. The molecule has 0 heterocycles. The molecule has 11 heavy (non-hydrogen) atoms. The normalized spacial score (nSPS) is 10.9. The summed E-state index contributed by atoms with van der Waals surface area (Å²) in [5.41, 5.74) is 5.36. The molecule has 2 N–H and O–H groups in total. The van der Waals surface area contributed by atoms with Crippen molar-refractivity contribution >= 4 is 9.52 Å². The van der Waals surface area contributed by atoms with Gasteiger partial charge in [0.15, 0.2) is 0 Å². The van der Waals surface area contributed by atoms with Gasteiger partial charge in [-0.3, -0.25) is 0 Å². The molecule has 0 amide bonds. The fourth-order valence-corrected chi connectivity index (χ4v) is 1.64. The van der Waals surface area contributed by atoms with Gasteiger partial charge in [0.2, 0.25) is 0 Å². The Hall–Kier alpha value is 0.0969. The molecule has 0 aromatic heterocycles. The highest BCUT2D eigenvalue weighted by atomic mass is 28.2. The largest absolute Gasteiger partial charge is 0.357 e. The van der Waals surface area contributed by atoms with E-state index in [1.807, 2.05) is 13.8 Å². The molecular formula is C7H17NO2Si.